The van der Waals surface area contributed by atoms with Gasteiger partial charge in [-0.05, 0) is 82.4 Å². The summed E-state index contributed by atoms with van der Waals surface area (Å²) in [5.41, 5.74) is 1.97. The number of nitrogens with zero attached hydrogens (tertiary/aromatic N) is 3. The summed E-state index contributed by atoms with van der Waals surface area (Å²) in [4.78, 5) is 14.7. The number of piperidine rings is 1. The molecule has 1 aliphatic heterocycles. The van der Waals surface area contributed by atoms with Crippen LogP contribution in [0.5, 0.6) is 0 Å². The van der Waals surface area contributed by atoms with E-state index in [4.69, 9.17) is 0 Å². The zero-order chi connectivity index (χ0) is 16.6. The Morgan fingerprint density at radius 2 is 1.92 bits per heavy atom. The van der Waals surface area contributed by atoms with Gasteiger partial charge in [-0.25, -0.2) is 4.68 Å². The van der Waals surface area contributed by atoms with Crippen LogP contribution in [0.4, 0.5) is 0 Å². The van der Waals surface area contributed by atoms with Crippen molar-refractivity contribution in [2.45, 2.75) is 69.9 Å². The summed E-state index contributed by atoms with van der Waals surface area (Å²) in [6.07, 6.45) is 9.69. The molecule has 1 saturated carbocycles. The molecule has 1 N–H and O–H groups in total. The van der Waals surface area contributed by atoms with Gasteiger partial charge >= 0.3 is 0 Å². The van der Waals surface area contributed by atoms with Gasteiger partial charge < -0.3 is 10.0 Å². The van der Waals surface area contributed by atoms with Gasteiger partial charge in [-0.3, -0.25) is 4.79 Å². The zero-order valence-electron chi connectivity index (χ0n) is 14.5. The van der Waals surface area contributed by atoms with Gasteiger partial charge in [0.25, 0.3) is 5.56 Å². The molecule has 3 aliphatic rings. The molecular weight excluding hydrogens is 302 g/mol. The molecule has 0 amide bonds. The van der Waals surface area contributed by atoms with Crippen LogP contribution in [0.25, 0.3) is 0 Å². The highest BCUT2D eigenvalue weighted by Gasteiger charge is 2.36. The van der Waals surface area contributed by atoms with Crippen molar-refractivity contribution < 1.29 is 5.11 Å². The van der Waals surface area contributed by atoms with Gasteiger partial charge in [0.1, 0.15) is 0 Å². The normalized spacial score (nSPS) is 24.4. The fourth-order valence-corrected chi connectivity index (χ4v) is 4.46. The molecule has 2 fully saturated rings. The highest BCUT2D eigenvalue weighted by Crippen LogP contribution is 2.33. The van der Waals surface area contributed by atoms with E-state index < -0.39 is 5.60 Å². The topological polar surface area (TPSA) is 58.4 Å². The molecule has 0 bridgehead atoms. The Morgan fingerprint density at radius 1 is 1.17 bits per heavy atom. The fourth-order valence-electron chi connectivity index (χ4n) is 4.46. The lowest BCUT2D eigenvalue weighted by atomic mass is 9.79. The van der Waals surface area contributed by atoms with Crippen LogP contribution in [0, 0.1) is 5.92 Å². The second-order valence-corrected chi connectivity index (χ2v) is 8.14. The third-order valence-electron chi connectivity index (χ3n) is 6.21. The predicted molar refractivity (Wildman–Crippen MR) is 93.1 cm³/mol. The molecular formula is C19H29N3O2. The lowest BCUT2D eigenvalue weighted by Crippen LogP contribution is -2.50. The first-order valence-corrected chi connectivity index (χ1v) is 9.66. The van der Waals surface area contributed by atoms with Crippen molar-refractivity contribution in [3.63, 3.8) is 0 Å². The molecule has 2 aliphatic carbocycles. The van der Waals surface area contributed by atoms with Gasteiger partial charge in [-0.2, -0.15) is 5.10 Å². The van der Waals surface area contributed by atoms with Crippen molar-refractivity contribution in [3.05, 3.63) is 27.7 Å². The van der Waals surface area contributed by atoms with E-state index in [0.717, 1.165) is 70.4 Å². The van der Waals surface area contributed by atoms with Crippen LogP contribution in [0.15, 0.2) is 10.9 Å². The Kier molecular flexibility index (Phi) is 4.48. The molecule has 2 heterocycles. The number of β-amino-alcohol motifs (C(OH)–C–C–N with tert-alkyl or cyclic N) is 1. The lowest BCUT2D eigenvalue weighted by molar-refractivity contribution is -0.0640. The average molecular weight is 331 g/mol. The summed E-state index contributed by atoms with van der Waals surface area (Å²) in [5, 5.41) is 15.0. The zero-order valence-corrected chi connectivity index (χ0v) is 14.5. The summed E-state index contributed by atoms with van der Waals surface area (Å²) < 4.78 is 1.71. The summed E-state index contributed by atoms with van der Waals surface area (Å²) in [6, 6.07) is 1.82. The van der Waals surface area contributed by atoms with E-state index in [2.05, 4.69) is 10.00 Å². The summed E-state index contributed by atoms with van der Waals surface area (Å²) >= 11 is 0. The van der Waals surface area contributed by atoms with Gasteiger partial charge in [0.15, 0.2) is 0 Å². The van der Waals surface area contributed by atoms with Crippen LogP contribution in [0.3, 0.4) is 0 Å². The number of likely N-dealkylation sites (tertiary alicyclic amines) is 1. The Balaban J connectivity index is 1.34. The van der Waals surface area contributed by atoms with Gasteiger partial charge in [0.05, 0.1) is 11.3 Å². The molecule has 0 unspecified atom stereocenters. The monoisotopic (exact) mass is 331 g/mol. The number of aromatic nitrogens is 2. The second-order valence-electron chi connectivity index (χ2n) is 8.14. The number of hydrogen-bond acceptors (Lipinski definition) is 4. The predicted octanol–water partition coefficient (Wildman–Crippen LogP) is 1.75. The van der Waals surface area contributed by atoms with Crippen LogP contribution in [-0.2, 0) is 19.4 Å². The van der Waals surface area contributed by atoms with E-state index in [1.54, 1.807) is 4.68 Å². The molecule has 5 nitrogen and oxygen atoms in total. The average Bonchev–Trinajstić information content (AvgIpc) is 2.56. The number of fused-ring (bicyclic) bond motifs is 1. The summed E-state index contributed by atoms with van der Waals surface area (Å²) in [6.45, 7) is 3.65. The summed E-state index contributed by atoms with van der Waals surface area (Å²) in [5.74, 6) is 0.532. The first-order valence-electron chi connectivity index (χ1n) is 9.66. The molecule has 4 rings (SSSR count). The van der Waals surface area contributed by atoms with Crippen molar-refractivity contribution in [1.29, 1.82) is 0 Å². The van der Waals surface area contributed by atoms with Gasteiger partial charge in [-0.1, -0.05) is 0 Å². The van der Waals surface area contributed by atoms with Crippen LogP contribution in [0.1, 0.15) is 56.2 Å². The van der Waals surface area contributed by atoms with Crippen LogP contribution < -0.4 is 5.56 Å². The molecule has 0 radical (unpaired) electrons. The number of aliphatic hydroxyl groups is 1. The third kappa shape index (κ3) is 3.42. The van der Waals surface area contributed by atoms with E-state index in [-0.39, 0.29) is 5.56 Å². The number of hydrogen-bond donors (Lipinski definition) is 1. The third-order valence-corrected chi connectivity index (χ3v) is 6.21. The van der Waals surface area contributed by atoms with Crippen molar-refractivity contribution in [3.8, 4) is 0 Å². The standard InChI is InChI=1S/C19H29N3O2/c23-18-12-16-4-1-2-5-17(16)20-22(18)13-15-6-10-21(11-7-15)14-19(24)8-3-9-19/h12,15,24H,1-11,13-14H2. The van der Waals surface area contributed by atoms with Gasteiger partial charge in [-0.15, -0.1) is 0 Å². The molecule has 1 aromatic heterocycles. The van der Waals surface area contributed by atoms with E-state index in [0.29, 0.717) is 5.92 Å². The smallest absolute Gasteiger partial charge is 0.267 e. The Hall–Kier alpha value is -1.20. The molecule has 0 atom stereocenters. The van der Waals surface area contributed by atoms with Crippen LogP contribution in [-0.4, -0.2) is 45.0 Å². The highest BCUT2D eigenvalue weighted by molar-refractivity contribution is 5.20. The highest BCUT2D eigenvalue weighted by atomic mass is 16.3. The number of rotatable bonds is 4. The quantitative estimate of drug-likeness (QED) is 0.913. The molecule has 0 spiro atoms. The Morgan fingerprint density at radius 3 is 2.62 bits per heavy atom. The maximum Gasteiger partial charge on any atom is 0.267 e. The van der Waals surface area contributed by atoms with Crippen molar-refractivity contribution in [1.82, 2.24) is 14.7 Å². The van der Waals surface area contributed by atoms with E-state index >= 15 is 0 Å². The lowest BCUT2D eigenvalue weighted by Gasteiger charge is -2.42. The number of aryl methyl sites for hydroxylation is 2. The molecule has 24 heavy (non-hydrogen) atoms. The molecule has 5 heteroatoms. The second kappa shape index (κ2) is 6.60. The largest absolute Gasteiger partial charge is 0.389 e. The van der Waals surface area contributed by atoms with Crippen LogP contribution in [0.2, 0.25) is 0 Å². The minimum absolute atomic E-state index is 0.0712. The molecule has 132 valence electrons. The Bertz CT molecular complexity index is 643. The molecule has 0 aromatic carbocycles. The SMILES string of the molecule is O=c1cc2c(nn1CC1CCN(CC3(O)CCC3)CC1)CCCC2. The maximum absolute atomic E-state index is 12.3. The fraction of sp³-hybridized carbons (Fsp3) is 0.789. The first kappa shape index (κ1) is 16.3. The molecule has 1 aromatic rings. The van der Waals surface area contributed by atoms with Crippen molar-refractivity contribution in [2.24, 2.45) is 5.92 Å². The van der Waals surface area contributed by atoms with Crippen molar-refractivity contribution in [2.75, 3.05) is 19.6 Å². The van der Waals surface area contributed by atoms with E-state index in [1.165, 1.54) is 24.8 Å². The Labute approximate surface area is 143 Å². The van der Waals surface area contributed by atoms with Crippen molar-refractivity contribution >= 4 is 0 Å². The minimum atomic E-state index is -0.413. The first-order chi connectivity index (χ1) is 11.6. The summed E-state index contributed by atoms with van der Waals surface area (Å²) in [7, 11) is 0. The van der Waals surface area contributed by atoms with Crippen LogP contribution >= 0.6 is 0 Å². The van der Waals surface area contributed by atoms with Gasteiger partial charge in [0, 0.05) is 19.2 Å². The van der Waals surface area contributed by atoms with E-state index in [1.807, 2.05) is 6.07 Å². The minimum Gasteiger partial charge on any atom is -0.389 e. The maximum atomic E-state index is 12.3. The van der Waals surface area contributed by atoms with E-state index in [9.17, 15) is 9.90 Å². The molecule has 1 saturated heterocycles. The van der Waals surface area contributed by atoms with Gasteiger partial charge in [0.2, 0.25) is 0 Å².